The molecule has 6 heteroatoms. The van der Waals surface area contributed by atoms with Crippen molar-refractivity contribution >= 4 is 0 Å². The van der Waals surface area contributed by atoms with Gasteiger partial charge in [0.05, 0.1) is 26.4 Å². The molecule has 0 heterocycles. The molecule has 0 spiro atoms. The van der Waals surface area contributed by atoms with E-state index in [2.05, 4.69) is 6.58 Å². The van der Waals surface area contributed by atoms with Crippen molar-refractivity contribution < 1.29 is 29.5 Å². The SMILES string of the molecule is C=CC(C)COc1ccc(-c2c(OC)cc(-c3ccc(O)cc3)c(OC)c2O)cc1O. The predicted molar refractivity (Wildman–Crippen MR) is 120 cm³/mol. The Morgan fingerprint density at radius 2 is 1.58 bits per heavy atom. The molecule has 3 aromatic carbocycles. The third-order valence-electron chi connectivity index (χ3n) is 4.97. The second kappa shape index (κ2) is 9.34. The van der Waals surface area contributed by atoms with Crippen LogP contribution in [0.5, 0.6) is 34.5 Å². The molecule has 0 amide bonds. The third kappa shape index (κ3) is 4.53. The summed E-state index contributed by atoms with van der Waals surface area (Å²) in [6, 6.07) is 13.2. The van der Waals surface area contributed by atoms with Gasteiger partial charge in [0, 0.05) is 11.5 Å². The Hall–Kier alpha value is -3.80. The van der Waals surface area contributed by atoms with Crippen molar-refractivity contribution in [3.8, 4) is 56.8 Å². The molecule has 0 aliphatic heterocycles. The van der Waals surface area contributed by atoms with Crippen molar-refractivity contribution in [1.29, 1.82) is 0 Å². The normalized spacial score (nSPS) is 11.6. The Morgan fingerprint density at radius 1 is 0.903 bits per heavy atom. The maximum atomic E-state index is 11.0. The number of ether oxygens (including phenoxy) is 3. The number of phenolic OH excluding ortho intramolecular Hbond substituents is 3. The molecule has 0 saturated heterocycles. The van der Waals surface area contributed by atoms with Gasteiger partial charge in [0.1, 0.15) is 11.5 Å². The summed E-state index contributed by atoms with van der Waals surface area (Å²) in [5.74, 6) is 1.07. The highest BCUT2D eigenvalue weighted by molar-refractivity contribution is 5.88. The second-order valence-corrected chi connectivity index (χ2v) is 7.14. The number of benzene rings is 3. The van der Waals surface area contributed by atoms with Crippen LogP contribution < -0.4 is 14.2 Å². The lowest BCUT2D eigenvalue weighted by Crippen LogP contribution is -2.05. The molecule has 162 valence electrons. The minimum atomic E-state index is -0.127. The molecule has 3 rings (SSSR count). The van der Waals surface area contributed by atoms with E-state index >= 15 is 0 Å². The van der Waals surface area contributed by atoms with Crippen LogP contribution in [0, 0.1) is 5.92 Å². The Balaban J connectivity index is 2.08. The fourth-order valence-electron chi connectivity index (χ4n) is 3.21. The third-order valence-corrected chi connectivity index (χ3v) is 4.97. The highest BCUT2D eigenvalue weighted by Gasteiger charge is 2.22. The van der Waals surface area contributed by atoms with E-state index in [1.165, 1.54) is 20.3 Å². The van der Waals surface area contributed by atoms with Gasteiger partial charge in [-0.3, -0.25) is 0 Å². The van der Waals surface area contributed by atoms with Gasteiger partial charge < -0.3 is 29.5 Å². The van der Waals surface area contributed by atoms with Crippen molar-refractivity contribution in [2.45, 2.75) is 6.92 Å². The van der Waals surface area contributed by atoms with E-state index in [0.717, 1.165) is 5.56 Å². The van der Waals surface area contributed by atoms with Crippen LogP contribution in [-0.2, 0) is 0 Å². The van der Waals surface area contributed by atoms with E-state index in [0.29, 0.717) is 34.8 Å². The fraction of sp³-hybridized carbons (Fsp3) is 0.200. The maximum absolute atomic E-state index is 11.0. The van der Waals surface area contributed by atoms with Gasteiger partial charge in [-0.2, -0.15) is 0 Å². The second-order valence-electron chi connectivity index (χ2n) is 7.14. The number of phenols is 3. The molecule has 0 fully saturated rings. The molecule has 31 heavy (non-hydrogen) atoms. The van der Waals surface area contributed by atoms with Crippen molar-refractivity contribution in [2.24, 2.45) is 5.92 Å². The number of rotatable bonds is 8. The number of hydrogen-bond donors (Lipinski definition) is 3. The monoisotopic (exact) mass is 422 g/mol. The van der Waals surface area contributed by atoms with Crippen LogP contribution in [0.1, 0.15) is 6.92 Å². The summed E-state index contributed by atoms with van der Waals surface area (Å²) >= 11 is 0. The van der Waals surface area contributed by atoms with Crippen LogP contribution in [-0.4, -0.2) is 36.1 Å². The molecule has 1 unspecified atom stereocenters. The van der Waals surface area contributed by atoms with E-state index in [-0.39, 0.29) is 28.9 Å². The predicted octanol–water partition coefficient (Wildman–Crippen LogP) is 5.36. The molecule has 1 atom stereocenters. The van der Waals surface area contributed by atoms with Gasteiger partial charge in [0.25, 0.3) is 0 Å². The number of aromatic hydroxyl groups is 3. The van der Waals surface area contributed by atoms with Gasteiger partial charge in [-0.25, -0.2) is 0 Å². The van der Waals surface area contributed by atoms with Crippen molar-refractivity contribution in [3.63, 3.8) is 0 Å². The first kappa shape index (κ1) is 21.9. The zero-order valence-electron chi connectivity index (χ0n) is 17.8. The van der Waals surface area contributed by atoms with Crippen molar-refractivity contribution in [3.05, 3.63) is 61.2 Å². The Morgan fingerprint density at radius 3 is 2.16 bits per heavy atom. The first-order valence-corrected chi connectivity index (χ1v) is 9.75. The summed E-state index contributed by atoms with van der Waals surface area (Å²) in [6.07, 6.45) is 1.77. The highest BCUT2D eigenvalue weighted by Crippen LogP contribution is 2.50. The number of methoxy groups -OCH3 is 2. The zero-order valence-corrected chi connectivity index (χ0v) is 17.8. The Kier molecular flexibility index (Phi) is 6.60. The van der Waals surface area contributed by atoms with Gasteiger partial charge >= 0.3 is 0 Å². The topological polar surface area (TPSA) is 88.4 Å². The Labute approximate surface area is 181 Å². The van der Waals surface area contributed by atoms with Crippen LogP contribution in [0.3, 0.4) is 0 Å². The highest BCUT2D eigenvalue weighted by atomic mass is 16.5. The van der Waals surface area contributed by atoms with Gasteiger partial charge in [-0.1, -0.05) is 31.2 Å². The quantitative estimate of drug-likeness (QED) is 0.424. The van der Waals surface area contributed by atoms with Gasteiger partial charge in [0.15, 0.2) is 23.0 Å². The van der Waals surface area contributed by atoms with Crippen LogP contribution in [0.15, 0.2) is 61.2 Å². The van der Waals surface area contributed by atoms with Gasteiger partial charge in [-0.15, -0.1) is 6.58 Å². The van der Waals surface area contributed by atoms with Crippen molar-refractivity contribution in [1.82, 2.24) is 0 Å². The van der Waals surface area contributed by atoms with E-state index in [1.807, 2.05) is 6.92 Å². The molecule has 3 aromatic rings. The van der Waals surface area contributed by atoms with E-state index in [1.54, 1.807) is 48.5 Å². The summed E-state index contributed by atoms with van der Waals surface area (Å²) in [5, 5.41) is 31.1. The molecule has 0 aromatic heterocycles. The van der Waals surface area contributed by atoms with Crippen LogP contribution >= 0.6 is 0 Å². The smallest absolute Gasteiger partial charge is 0.170 e. The molecular formula is C25H26O6. The average Bonchev–Trinajstić information content (AvgIpc) is 2.77. The standard InChI is InChI=1S/C25H26O6/c1-5-15(2)14-31-21-11-8-17(12-20(21)27)23-22(29-3)13-19(25(30-4)24(23)28)16-6-9-18(26)10-7-16/h5-13,15,26-28H,1,14H2,2-4H3. The van der Waals surface area contributed by atoms with Gasteiger partial charge in [-0.05, 0) is 41.5 Å². The Bertz CT molecular complexity index is 1070. The summed E-state index contributed by atoms with van der Waals surface area (Å²) in [7, 11) is 2.96. The lowest BCUT2D eigenvalue weighted by molar-refractivity contribution is 0.272. The zero-order chi connectivity index (χ0) is 22.5. The molecular weight excluding hydrogens is 396 g/mol. The number of hydrogen-bond acceptors (Lipinski definition) is 6. The first-order chi connectivity index (χ1) is 14.9. The maximum Gasteiger partial charge on any atom is 0.170 e. The summed E-state index contributed by atoms with van der Waals surface area (Å²) < 4.78 is 16.7. The van der Waals surface area contributed by atoms with E-state index in [4.69, 9.17) is 14.2 Å². The summed E-state index contributed by atoms with van der Waals surface area (Å²) in [4.78, 5) is 0. The van der Waals surface area contributed by atoms with Crippen molar-refractivity contribution in [2.75, 3.05) is 20.8 Å². The molecule has 0 radical (unpaired) electrons. The van der Waals surface area contributed by atoms with Crippen LogP contribution in [0.4, 0.5) is 0 Å². The minimum absolute atomic E-state index is 0.0585. The largest absolute Gasteiger partial charge is 0.508 e. The first-order valence-electron chi connectivity index (χ1n) is 9.75. The summed E-state index contributed by atoms with van der Waals surface area (Å²) in [5.41, 5.74) is 2.25. The fourth-order valence-corrected chi connectivity index (χ4v) is 3.21. The molecule has 0 bridgehead atoms. The molecule has 0 aliphatic rings. The van der Waals surface area contributed by atoms with E-state index < -0.39 is 0 Å². The minimum Gasteiger partial charge on any atom is -0.508 e. The molecule has 3 N–H and O–H groups in total. The molecule has 0 aliphatic carbocycles. The molecule has 0 saturated carbocycles. The van der Waals surface area contributed by atoms with Gasteiger partial charge in [0.2, 0.25) is 0 Å². The average molecular weight is 422 g/mol. The lowest BCUT2D eigenvalue weighted by Gasteiger charge is -2.18. The molecule has 6 nitrogen and oxygen atoms in total. The lowest BCUT2D eigenvalue weighted by atomic mass is 9.96. The van der Waals surface area contributed by atoms with Crippen LogP contribution in [0.2, 0.25) is 0 Å². The summed E-state index contributed by atoms with van der Waals surface area (Å²) in [6.45, 7) is 6.07. The van der Waals surface area contributed by atoms with Crippen LogP contribution in [0.25, 0.3) is 22.3 Å². The van der Waals surface area contributed by atoms with E-state index in [9.17, 15) is 15.3 Å².